The molecule has 0 amide bonds. The van der Waals surface area contributed by atoms with Crippen LogP contribution < -0.4 is 0 Å². The van der Waals surface area contributed by atoms with Crippen LogP contribution in [0.4, 0.5) is 4.39 Å². The topological polar surface area (TPSA) is 17.1 Å². The molecule has 0 aromatic heterocycles. The molecule has 0 aliphatic rings. The zero-order valence-corrected chi connectivity index (χ0v) is 11.6. The van der Waals surface area contributed by atoms with Crippen molar-refractivity contribution in [3.63, 3.8) is 0 Å². The first-order chi connectivity index (χ1) is 8.99. The number of hydrogen-bond acceptors (Lipinski definition) is 1. The van der Waals surface area contributed by atoms with Gasteiger partial charge in [-0.15, -0.1) is 0 Å². The van der Waals surface area contributed by atoms with E-state index in [4.69, 9.17) is 11.6 Å². The van der Waals surface area contributed by atoms with Crippen LogP contribution in [0.2, 0.25) is 5.02 Å². The van der Waals surface area contributed by atoms with E-state index in [0.717, 1.165) is 11.1 Å². The highest BCUT2D eigenvalue weighted by molar-refractivity contribution is 6.31. The Morgan fingerprint density at radius 3 is 2.68 bits per heavy atom. The van der Waals surface area contributed by atoms with Gasteiger partial charge in [0.25, 0.3) is 0 Å². The Morgan fingerprint density at radius 1 is 1.21 bits per heavy atom. The van der Waals surface area contributed by atoms with E-state index < -0.39 is 0 Å². The fraction of sp³-hybridized carbons (Fsp3) is 0.188. The van der Waals surface area contributed by atoms with Gasteiger partial charge in [0.05, 0.1) is 0 Å². The van der Waals surface area contributed by atoms with Crippen molar-refractivity contribution in [2.45, 2.75) is 20.3 Å². The van der Waals surface area contributed by atoms with Crippen molar-refractivity contribution in [2.24, 2.45) is 0 Å². The van der Waals surface area contributed by atoms with Crippen molar-refractivity contribution in [3.05, 3.63) is 69.5 Å². The summed E-state index contributed by atoms with van der Waals surface area (Å²) in [4.78, 5) is 12.3. The lowest BCUT2D eigenvalue weighted by molar-refractivity contribution is 0.0992. The van der Waals surface area contributed by atoms with E-state index in [-0.39, 0.29) is 18.0 Å². The SMILES string of the molecule is Cc1ccc(F)cc1CC(=O)c1cccc(Cl)c1C. The molecule has 19 heavy (non-hydrogen) atoms. The fourth-order valence-corrected chi connectivity index (χ4v) is 2.18. The summed E-state index contributed by atoms with van der Waals surface area (Å²) in [6, 6.07) is 9.74. The molecule has 0 saturated heterocycles. The largest absolute Gasteiger partial charge is 0.294 e. The molecule has 98 valence electrons. The monoisotopic (exact) mass is 276 g/mol. The Labute approximate surface area is 117 Å². The quantitative estimate of drug-likeness (QED) is 0.753. The van der Waals surface area contributed by atoms with E-state index in [1.807, 2.05) is 13.8 Å². The van der Waals surface area contributed by atoms with Gasteiger partial charge in [-0.05, 0) is 48.7 Å². The number of halogens is 2. The molecule has 0 unspecified atom stereocenters. The highest BCUT2D eigenvalue weighted by Crippen LogP contribution is 2.21. The lowest BCUT2D eigenvalue weighted by Gasteiger charge is -2.08. The average molecular weight is 277 g/mol. The van der Waals surface area contributed by atoms with Gasteiger partial charge in [-0.25, -0.2) is 4.39 Å². The summed E-state index contributed by atoms with van der Waals surface area (Å²) in [6.07, 6.45) is 0.185. The second-order valence-corrected chi connectivity index (χ2v) is 4.99. The fourth-order valence-electron chi connectivity index (χ4n) is 2.01. The summed E-state index contributed by atoms with van der Waals surface area (Å²) < 4.78 is 13.2. The highest BCUT2D eigenvalue weighted by atomic mass is 35.5. The van der Waals surface area contributed by atoms with Gasteiger partial charge in [-0.2, -0.15) is 0 Å². The minimum absolute atomic E-state index is 0.0475. The third-order valence-electron chi connectivity index (χ3n) is 3.23. The molecule has 2 aromatic rings. The highest BCUT2D eigenvalue weighted by Gasteiger charge is 2.13. The summed E-state index contributed by atoms with van der Waals surface area (Å²) >= 11 is 6.01. The van der Waals surface area contributed by atoms with E-state index in [0.29, 0.717) is 16.1 Å². The van der Waals surface area contributed by atoms with E-state index in [1.54, 1.807) is 24.3 Å². The van der Waals surface area contributed by atoms with E-state index in [2.05, 4.69) is 0 Å². The second kappa shape index (κ2) is 5.54. The summed E-state index contributed by atoms with van der Waals surface area (Å²) in [7, 11) is 0. The Balaban J connectivity index is 2.31. The number of carbonyl (C=O) groups is 1. The van der Waals surface area contributed by atoms with Crippen molar-refractivity contribution in [1.29, 1.82) is 0 Å². The minimum Gasteiger partial charge on any atom is -0.294 e. The Kier molecular flexibility index (Phi) is 4.01. The average Bonchev–Trinajstić information content (AvgIpc) is 2.37. The van der Waals surface area contributed by atoms with Crippen LogP contribution in [0.15, 0.2) is 36.4 Å². The number of carbonyl (C=O) groups excluding carboxylic acids is 1. The first kappa shape index (κ1) is 13.8. The maximum Gasteiger partial charge on any atom is 0.167 e. The summed E-state index contributed by atoms with van der Waals surface area (Å²) in [5.74, 6) is -0.370. The van der Waals surface area contributed by atoms with Gasteiger partial charge in [-0.1, -0.05) is 29.8 Å². The van der Waals surface area contributed by atoms with Gasteiger partial charge >= 0.3 is 0 Å². The van der Waals surface area contributed by atoms with E-state index in [9.17, 15) is 9.18 Å². The number of aryl methyl sites for hydroxylation is 1. The molecular formula is C16H14ClFO. The number of benzene rings is 2. The summed E-state index contributed by atoms with van der Waals surface area (Å²) in [6.45, 7) is 3.68. The molecule has 0 spiro atoms. The molecule has 2 rings (SSSR count). The number of ketones is 1. The van der Waals surface area contributed by atoms with Gasteiger partial charge in [0.1, 0.15) is 5.82 Å². The van der Waals surface area contributed by atoms with E-state index in [1.165, 1.54) is 12.1 Å². The zero-order chi connectivity index (χ0) is 14.0. The third-order valence-corrected chi connectivity index (χ3v) is 3.64. The number of hydrogen-bond donors (Lipinski definition) is 0. The van der Waals surface area contributed by atoms with Gasteiger partial charge in [0.2, 0.25) is 0 Å². The van der Waals surface area contributed by atoms with Gasteiger partial charge < -0.3 is 0 Å². The molecule has 0 saturated carbocycles. The van der Waals surface area contributed by atoms with Crippen LogP contribution in [0.3, 0.4) is 0 Å². The van der Waals surface area contributed by atoms with Crippen LogP contribution in [0.5, 0.6) is 0 Å². The molecule has 0 radical (unpaired) electrons. The molecule has 0 aliphatic carbocycles. The van der Waals surface area contributed by atoms with Gasteiger partial charge in [-0.3, -0.25) is 4.79 Å². The zero-order valence-electron chi connectivity index (χ0n) is 10.8. The smallest absolute Gasteiger partial charge is 0.167 e. The Hall–Kier alpha value is -1.67. The molecule has 2 aromatic carbocycles. The molecule has 3 heteroatoms. The first-order valence-electron chi connectivity index (χ1n) is 6.02. The van der Waals surface area contributed by atoms with Crippen LogP contribution in [0.25, 0.3) is 0 Å². The van der Waals surface area contributed by atoms with Crippen molar-refractivity contribution in [2.75, 3.05) is 0 Å². The maximum absolute atomic E-state index is 13.2. The van der Waals surface area contributed by atoms with Crippen LogP contribution >= 0.6 is 11.6 Å². The van der Waals surface area contributed by atoms with Crippen LogP contribution in [0, 0.1) is 19.7 Å². The molecule has 0 heterocycles. The number of rotatable bonds is 3. The standard InChI is InChI=1S/C16H14ClFO/c1-10-6-7-13(18)8-12(10)9-16(19)14-4-3-5-15(17)11(14)2/h3-8H,9H2,1-2H3. The molecule has 0 N–H and O–H groups in total. The molecule has 0 aliphatic heterocycles. The number of Topliss-reactive ketones (excluding diaryl/α,β-unsaturated/α-hetero) is 1. The van der Waals surface area contributed by atoms with E-state index >= 15 is 0 Å². The van der Waals surface area contributed by atoms with Crippen molar-refractivity contribution < 1.29 is 9.18 Å². The Bertz CT molecular complexity index is 635. The summed E-state index contributed by atoms with van der Waals surface area (Å²) in [5, 5.41) is 0.571. The van der Waals surface area contributed by atoms with Crippen LogP contribution in [-0.2, 0) is 6.42 Å². The first-order valence-corrected chi connectivity index (χ1v) is 6.40. The van der Waals surface area contributed by atoms with Crippen molar-refractivity contribution in [3.8, 4) is 0 Å². The van der Waals surface area contributed by atoms with Crippen molar-refractivity contribution >= 4 is 17.4 Å². The van der Waals surface area contributed by atoms with Gasteiger partial charge in [0, 0.05) is 17.0 Å². The van der Waals surface area contributed by atoms with Crippen molar-refractivity contribution in [1.82, 2.24) is 0 Å². The third kappa shape index (κ3) is 3.02. The molecule has 0 bridgehead atoms. The second-order valence-electron chi connectivity index (χ2n) is 4.58. The summed E-state index contributed by atoms with van der Waals surface area (Å²) in [5.41, 5.74) is 2.98. The maximum atomic E-state index is 13.2. The predicted molar refractivity (Wildman–Crippen MR) is 75.4 cm³/mol. The Morgan fingerprint density at radius 2 is 1.95 bits per heavy atom. The minimum atomic E-state index is -0.323. The lowest BCUT2D eigenvalue weighted by atomic mass is 9.97. The molecule has 0 fully saturated rings. The lowest BCUT2D eigenvalue weighted by Crippen LogP contribution is -2.07. The predicted octanol–water partition coefficient (Wildman–Crippen LogP) is 4.52. The van der Waals surface area contributed by atoms with Crippen LogP contribution in [0.1, 0.15) is 27.0 Å². The molecular weight excluding hydrogens is 263 g/mol. The van der Waals surface area contributed by atoms with Crippen LogP contribution in [-0.4, -0.2) is 5.78 Å². The normalized spacial score (nSPS) is 10.5. The molecule has 1 nitrogen and oxygen atoms in total. The molecule has 0 atom stereocenters. The van der Waals surface area contributed by atoms with Gasteiger partial charge in [0.15, 0.2) is 5.78 Å².